The zero-order valence-electron chi connectivity index (χ0n) is 10.1. The predicted octanol–water partition coefficient (Wildman–Crippen LogP) is 3.30. The fraction of sp³-hybridized carbons (Fsp3) is 0.429. The van der Waals surface area contributed by atoms with Crippen molar-refractivity contribution in [2.45, 2.75) is 26.8 Å². The van der Waals surface area contributed by atoms with Crippen LogP contribution in [0.1, 0.15) is 25.8 Å². The van der Waals surface area contributed by atoms with Crippen molar-refractivity contribution in [2.24, 2.45) is 5.92 Å². The molecule has 0 aliphatic rings. The molecular formula is C14H20N2. The van der Waals surface area contributed by atoms with Gasteiger partial charge in [-0.25, -0.2) is 0 Å². The fourth-order valence-electron chi connectivity index (χ4n) is 1.92. The van der Waals surface area contributed by atoms with E-state index in [-0.39, 0.29) is 0 Å². The van der Waals surface area contributed by atoms with E-state index >= 15 is 0 Å². The summed E-state index contributed by atoms with van der Waals surface area (Å²) in [6, 6.07) is 8.57. The number of hydrogen-bond donors (Lipinski definition) is 2. The van der Waals surface area contributed by atoms with Gasteiger partial charge in [0.1, 0.15) is 0 Å². The number of rotatable bonds is 5. The van der Waals surface area contributed by atoms with Gasteiger partial charge < -0.3 is 10.3 Å². The largest absolute Gasteiger partial charge is 0.361 e. The van der Waals surface area contributed by atoms with E-state index in [0.29, 0.717) is 0 Å². The highest BCUT2D eigenvalue weighted by atomic mass is 14.8. The van der Waals surface area contributed by atoms with Crippen LogP contribution in [0.5, 0.6) is 0 Å². The van der Waals surface area contributed by atoms with Crippen molar-refractivity contribution in [2.75, 3.05) is 6.54 Å². The lowest BCUT2D eigenvalue weighted by atomic mass is 10.1. The van der Waals surface area contributed by atoms with E-state index in [1.54, 1.807) is 0 Å². The number of fused-ring (bicyclic) bond motifs is 1. The van der Waals surface area contributed by atoms with E-state index in [4.69, 9.17) is 0 Å². The molecule has 2 heteroatoms. The zero-order valence-corrected chi connectivity index (χ0v) is 10.1. The van der Waals surface area contributed by atoms with Gasteiger partial charge in [-0.2, -0.15) is 0 Å². The van der Waals surface area contributed by atoms with Crippen LogP contribution < -0.4 is 5.32 Å². The molecule has 0 bridgehead atoms. The summed E-state index contributed by atoms with van der Waals surface area (Å²) in [5.41, 5.74) is 2.60. The second-order valence-corrected chi connectivity index (χ2v) is 4.72. The van der Waals surface area contributed by atoms with Crippen LogP contribution in [0.3, 0.4) is 0 Å². The molecule has 0 unspecified atom stereocenters. The van der Waals surface area contributed by atoms with Crippen LogP contribution in [-0.2, 0) is 6.54 Å². The molecule has 0 saturated heterocycles. The molecule has 1 aromatic heterocycles. The molecule has 0 aliphatic heterocycles. The van der Waals surface area contributed by atoms with E-state index < -0.39 is 0 Å². The minimum Gasteiger partial charge on any atom is -0.361 e. The maximum Gasteiger partial charge on any atom is 0.0457 e. The fourth-order valence-corrected chi connectivity index (χ4v) is 1.92. The van der Waals surface area contributed by atoms with Gasteiger partial charge in [0, 0.05) is 23.6 Å². The number of hydrogen-bond acceptors (Lipinski definition) is 1. The number of aromatic amines is 1. The molecule has 2 N–H and O–H groups in total. The summed E-state index contributed by atoms with van der Waals surface area (Å²) in [7, 11) is 0. The number of benzene rings is 1. The third-order valence-electron chi connectivity index (χ3n) is 2.90. The number of aromatic nitrogens is 1. The molecule has 1 heterocycles. The predicted molar refractivity (Wildman–Crippen MR) is 69.5 cm³/mol. The van der Waals surface area contributed by atoms with E-state index in [0.717, 1.165) is 19.0 Å². The molecule has 1 aromatic carbocycles. The maximum atomic E-state index is 3.50. The number of H-pyrrole nitrogens is 1. The first kappa shape index (κ1) is 11.2. The van der Waals surface area contributed by atoms with Gasteiger partial charge in [0.15, 0.2) is 0 Å². The smallest absolute Gasteiger partial charge is 0.0457 e. The van der Waals surface area contributed by atoms with Gasteiger partial charge in [0.05, 0.1) is 0 Å². The van der Waals surface area contributed by atoms with Crippen LogP contribution in [-0.4, -0.2) is 11.5 Å². The Labute approximate surface area is 97.1 Å². The van der Waals surface area contributed by atoms with E-state index in [2.05, 4.69) is 48.4 Å². The molecule has 2 aromatic rings. The van der Waals surface area contributed by atoms with Gasteiger partial charge in [-0.1, -0.05) is 26.0 Å². The van der Waals surface area contributed by atoms with Crippen LogP contribution in [0.25, 0.3) is 10.9 Å². The summed E-state index contributed by atoms with van der Waals surface area (Å²) >= 11 is 0. The van der Waals surface area contributed by atoms with Crippen molar-refractivity contribution in [3.05, 3.63) is 36.0 Å². The average molecular weight is 216 g/mol. The van der Waals surface area contributed by atoms with Gasteiger partial charge in [0.2, 0.25) is 0 Å². The molecule has 0 saturated carbocycles. The quantitative estimate of drug-likeness (QED) is 0.737. The first-order valence-corrected chi connectivity index (χ1v) is 6.03. The lowest BCUT2D eigenvalue weighted by molar-refractivity contribution is 0.538. The zero-order chi connectivity index (χ0) is 11.4. The molecule has 0 spiro atoms. The Bertz CT molecular complexity index is 443. The van der Waals surface area contributed by atoms with Gasteiger partial charge in [-0.3, -0.25) is 0 Å². The van der Waals surface area contributed by atoms with Crippen LogP contribution in [0, 0.1) is 5.92 Å². The Kier molecular flexibility index (Phi) is 3.62. The molecular weight excluding hydrogens is 196 g/mol. The SMILES string of the molecule is CC(C)CCNCc1cccc2[nH]ccc12. The normalized spacial score (nSPS) is 11.4. The highest BCUT2D eigenvalue weighted by molar-refractivity contribution is 5.82. The van der Waals surface area contributed by atoms with Gasteiger partial charge in [0.25, 0.3) is 0 Å². The molecule has 2 nitrogen and oxygen atoms in total. The summed E-state index contributed by atoms with van der Waals surface area (Å²) in [5.74, 6) is 0.774. The second kappa shape index (κ2) is 5.17. The molecule has 16 heavy (non-hydrogen) atoms. The molecule has 0 radical (unpaired) electrons. The lowest BCUT2D eigenvalue weighted by Gasteiger charge is -2.07. The first-order chi connectivity index (χ1) is 7.77. The van der Waals surface area contributed by atoms with E-state index in [1.165, 1.54) is 22.9 Å². The van der Waals surface area contributed by atoms with Crippen molar-refractivity contribution < 1.29 is 0 Å². The Hall–Kier alpha value is -1.28. The number of nitrogens with one attached hydrogen (secondary N) is 2. The molecule has 86 valence electrons. The van der Waals surface area contributed by atoms with Crippen LogP contribution >= 0.6 is 0 Å². The third-order valence-corrected chi connectivity index (χ3v) is 2.90. The van der Waals surface area contributed by atoms with E-state index in [1.807, 2.05) is 6.20 Å². The second-order valence-electron chi connectivity index (χ2n) is 4.72. The Morgan fingerprint density at radius 1 is 1.25 bits per heavy atom. The van der Waals surface area contributed by atoms with Crippen molar-refractivity contribution in [1.29, 1.82) is 0 Å². The summed E-state index contributed by atoms with van der Waals surface area (Å²) in [6.45, 7) is 6.57. The van der Waals surface area contributed by atoms with Gasteiger partial charge >= 0.3 is 0 Å². The van der Waals surface area contributed by atoms with Gasteiger partial charge in [-0.05, 0) is 36.6 Å². The van der Waals surface area contributed by atoms with Crippen LogP contribution in [0.4, 0.5) is 0 Å². The highest BCUT2D eigenvalue weighted by Crippen LogP contribution is 2.16. The van der Waals surface area contributed by atoms with Crippen molar-refractivity contribution in [3.8, 4) is 0 Å². The first-order valence-electron chi connectivity index (χ1n) is 6.03. The molecule has 0 aliphatic carbocycles. The van der Waals surface area contributed by atoms with Crippen molar-refractivity contribution in [1.82, 2.24) is 10.3 Å². The monoisotopic (exact) mass is 216 g/mol. The summed E-state index contributed by atoms with van der Waals surface area (Å²) in [5, 5.41) is 4.83. The topological polar surface area (TPSA) is 27.8 Å². The molecule has 0 fully saturated rings. The standard InChI is InChI=1S/C14H20N2/c1-11(2)6-8-15-10-12-4-3-5-14-13(12)7-9-16-14/h3-5,7,9,11,15-16H,6,8,10H2,1-2H3. The van der Waals surface area contributed by atoms with E-state index in [9.17, 15) is 0 Å². The summed E-state index contributed by atoms with van der Waals surface area (Å²) < 4.78 is 0. The van der Waals surface area contributed by atoms with Crippen molar-refractivity contribution in [3.63, 3.8) is 0 Å². The molecule has 0 amide bonds. The Morgan fingerprint density at radius 2 is 2.12 bits per heavy atom. The summed E-state index contributed by atoms with van der Waals surface area (Å²) in [6.07, 6.45) is 3.24. The minimum absolute atomic E-state index is 0.774. The Morgan fingerprint density at radius 3 is 2.94 bits per heavy atom. The minimum atomic E-state index is 0.774. The lowest BCUT2D eigenvalue weighted by Crippen LogP contribution is -2.16. The molecule has 2 rings (SSSR count). The van der Waals surface area contributed by atoms with Gasteiger partial charge in [-0.15, -0.1) is 0 Å². The van der Waals surface area contributed by atoms with Crippen LogP contribution in [0.2, 0.25) is 0 Å². The molecule has 0 atom stereocenters. The average Bonchev–Trinajstić information content (AvgIpc) is 2.72. The highest BCUT2D eigenvalue weighted by Gasteiger charge is 2.00. The maximum absolute atomic E-state index is 3.50. The van der Waals surface area contributed by atoms with Crippen molar-refractivity contribution >= 4 is 10.9 Å². The third kappa shape index (κ3) is 2.64. The summed E-state index contributed by atoms with van der Waals surface area (Å²) in [4.78, 5) is 3.24. The Balaban J connectivity index is 1.96. The van der Waals surface area contributed by atoms with Crippen LogP contribution in [0.15, 0.2) is 30.5 Å².